The predicted octanol–water partition coefficient (Wildman–Crippen LogP) is 2.72. The van der Waals surface area contributed by atoms with Crippen LogP contribution < -0.4 is 15.4 Å². The Hall–Kier alpha value is -2.04. The molecule has 5 nitrogen and oxygen atoms in total. The van der Waals surface area contributed by atoms with Gasteiger partial charge in [-0.25, -0.2) is 0 Å². The number of carbonyl (C=O) groups is 2. The van der Waals surface area contributed by atoms with E-state index in [9.17, 15) is 9.59 Å². The van der Waals surface area contributed by atoms with Gasteiger partial charge in [0.25, 0.3) is 5.91 Å². The number of amides is 2. The van der Waals surface area contributed by atoms with Gasteiger partial charge >= 0.3 is 0 Å². The SMILES string of the molecule is CC(=O)Nc1ccccc1OCC(=O)NCC1CCCCC1. The lowest BCUT2D eigenvalue weighted by molar-refractivity contribution is -0.123. The smallest absolute Gasteiger partial charge is 0.257 e. The molecule has 0 saturated heterocycles. The molecule has 2 N–H and O–H groups in total. The summed E-state index contributed by atoms with van der Waals surface area (Å²) < 4.78 is 5.51. The lowest BCUT2D eigenvalue weighted by Crippen LogP contribution is -2.33. The minimum absolute atomic E-state index is 0.0384. The molecule has 0 unspecified atom stereocenters. The van der Waals surface area contributed by atoms with Gasteiger partial charge in [-0.1, -0.05) is 31.4 Å². The molecule has 1 aliphatic rings. The van der Waals surface area contributed by atoms with Crippen molar-refractivity contribution < 1.29 is 14.3 Å². The van der Waals surface area contributed by atoms with Gasteiger partial charge < -0.3 is 15.4 Å². The van der Waals surface area contributed by atoms with Crippen LogP contribution in [0.1, 0.15) is 39.0 Å². The number of para-hydroxylation sites is 2. The van der Waals surface area contributed by atoms with Gasteiger partial charge in [-0.05, 0) is 30.9 Å². The summed E-state index contributed by atoms with van der Waals surface area (Å²) in [6.45, 7) is 2.13. The van der Waals surface area contributed by atoms with Crippen LogP contribution in [-0.4, -0.2) is 25.0 Å². The van der Waals surface area contributed by atoms with E-state index < -0.39 is 0 Å². The Balaban J connectivity index is 1.77. The lowest BCUT2D eigenvalue weighted by Gasteiger charge is -2.21. The second kappa shape index (κ2) is 8.41. The Bertz CT molecular complexity index is 510. The van der Waals surface area contributed by atoms with Gasteiger partial charge in [0, 0.05) is 13.5 Å². The summed E-state index contributed by atoms with van der Waals surface area (Å²) in [5.74, 6) is 0.816. The summed E-state index contributed by atoms with van der Waals surface area (Å²) in [6.07, 6.45) is 6.24. The van der Waals surface area contributed by atoms with Crippen molar-refractivity contribution in [2.75, 3.05) is 18.5 Å². The van der Waals surface area contributed by atoms with Crippen LogP contribution in [0.25, 0.3) is 0 Å². The standard InChI is InChI=1S/C17H24N2O3/c1-13(20)19-15-9-5-6-10-16(15)22-12-17(21)18-11-14-7-3-2-4-8-14/h5-6,9-10,14H,2-4,7-8,11-12H2,1H3,(H,18,21)(H,19,20). The summed E-state index contributed by atoms with van der Waals surface area (Å²) in [5, 5.41) is 5.62. The molecule has 120 valence electrons. The van der Waals surface area contributed by atoms with E-state index in [1.165, 1.54) is 39.0 Å². The van der Waals surface area contributed by atoms with Crippen LogP contribution in [0.4, 0.5) is 5.69 Å². The first-order valence-corrected chi connectivity index (χ1v) is 7.91. The number of hydrogen-bond acceptors (Lipinski definition) is 3. The highest BCUT2D eigenvalue weighted by Gasteiger charge is 2.14. The zero-order valence-corrected chi connectivity index (χ0v) is 13.1. The largest absolute Gasteiger partial charge is 0.482 e. The summed E-state index contributed by atoms with van der Waals surface area (Å²) >= 11 is 0. The van der Waals surface area contributed by atoms with Gasteiger partial charge in [0.05, 0.1) is 5.69 Å². The molecule has 22 heavy (non-hydrogen) atoms. The van der Waals surface area contributed by atoms with Crippen LogP contribution in [0, 0.1) is 5.92 Å². The van der Waals surface area contributed by atoms with E-state index in [0.29, 0.717) is 17.4 Å². The van der Waals surface area contributed by atoms with E-state index in [1.807, 2.05) is 0 Å². The van der Waals surface area contributed by atoms with Crippen LogP contribution in [-0.2, 0) is 9.59 Å². The molecule has 1 aromatic rings. The summed E-state index contributed by atoms with van der Waals surface area (Å²) in [5.41, 5.74) is 0.579. The van der Waals surface area contributed by atoms with Crippen molar-refractivity contribution in [2.24, 2.45) is 5.92 Å². The fourth-order valence-electron chi connectivity index (χ4n) is 2.73. The number of benzene rings is 1. The van der Waals surface area contributed by atoms with Gasteiger partial charge in [0.1, 0.15) is 5.75 Å². The number of carbonyl (C=O) groups excluding carboxylic acids is 2. The second-order valence-corrected chi connectivity index (χ2v) is 5.77. The molecule has 0 heterocycles. The molecule has 0 atom stereocenters. The molecule has 1 fully saturated rings. The van der Waals surface area contributed by atoms with Gasteiger partial charge in [0.15, 0.2) is 6.61 Å². The van der Waals surface area contributed by atoms with Gasteiger partial charge in [-0.15, -0.1) is 0 Å². The van der Waals surface area contributed by atoms with Gasteiger partial charge in [-0.3, -0.25) is 9.59 Å². The highest BCUT2D eigenvalue weighted by Crippen LogP contribution is 2.24. The average Bonchev–Trinajstić information content (AvgIpc) is 2.52. The van der Waals surface area contributed by atoms with Crippen molar-refractivity contribution in [3.8, 4) is 5.75 Å². The summed E-state index contributed by atoms with van der Waals surface area (Å²) in [7, 11) is 0. The molecule has 1 saturated carbocycles. The highest BCUT2D eigenvalue weighted by molar-refractivity contribution is 5.90. The Kier molecular flexibility index (Phi) is 6.25. The van der Waals surface area contributed by atoms with Crippen molar-refractivity contribution in [1.29, 1.82) is 0 Å². The monoisotopic (exact) mass is 304 g/mol. The van der Waals surface area contributed by atoms with Crippen LogP contribution >= 0.6 is 0 Å². The normalized spacial score (nSPS) is 15.1. The summed E-state index contributed by atoms with van der Waals surface area (Å²) in [4.78, 5) is 23.0. The Morgan fingerprint density at radius 2 is 1.91 bits per heavy atom. The predicted molar refractivity (Wildman–Crippen MR) is 85.8 cm³/mol. The molecule has 2 rings (SSSR count). The quantitative estimate of drug-likeness (QED) is 0.849. The molecule has 0 spiro atoms. The van der Waals surface area contributed by atoms with Crippen LogP contribution in [0.3, 0.4) is 0 Å². The van der Waals surface area contributed by atoms with Gasteiger partial charge in [-0.2, -0.15) is 0 Å². The fourth-order valence-corrected chi connectivity index (χ4v) is 2.73. The Morgan fingerprint density at radius 1 is 1.18 bits per heavy atom. The molecule has 0 aromatic heterocycles. The molecule has 1 aromatic carbocycles. The number of hydrogen-bond donors (Lipinski definition) is 2. The Morgan fingerprint density at radius 3 is 2.64 bits per heavy atom. The Labute approximate surface area is 131 Å². The maximum absolute atomic E-state index is 11.9. The van der Waals surface area contributed by atoms with E-state index in [1.54, 1.807) is 24.3 Å². The average molecular weight is 304 g/mol. The highest BCUT2D eigenvalue weighted by atomic mass is 16.5. The van der Waals surface area contributed by atoms with E-state index in [2.05, 4.69) is 10.6 Å². The number of anilines is 1. The third kappa shape index (κ3) is 5.39. The molecule has 0 aliphatic heterocycles. The number of ether oxygens (including phenoxy) is 1. The zero-order chi connectivity index (χ0) is 15.8. The minimum atomic E-state index is -0.169. The number of rotatable bonds is 6. The second-order valence-electron chi connectivity index (χ2n) is 5.77. The van der Waals surface area contributed by atoms with Crippen LogP contribution in [0.5, 0.6) is 5.75 Å². The van der Waals surface area contributed by atoms with Crippen molar-refractivity contribution in [2.45, 2.75) is 39.0 Å². The molecule has 1 aliphatic carbocycles. The molecule has 0 bridgehead atoms. The minimum Gasteiger partial charge on any atom is -0.482 e. The number of nitrogens with one attached hydrogen (secondary N) is 2. The lowest BCUT2D eigenvalue weighted by atomic mass is 9.89. The maximum Gasteiger partial charge on any atom is 0.257 e. The fraction of sp³-hybridized carbons (Fsp3) is 0.529. The molecule has 2 amide bonds. The molecular weight excluding hydrogens is 280 g/mol. The van der Waals surface area contributed by atoms with Crippen molar-refractivity contribution in [1.82, 2.24) is 5.32 Å². The first-order chi connectivity index (χ1) is 10.6. The van der Waals surface area contributed by atoms with Crippen molar-refractivity contribution >= 4 is 17.5 Å². The van der Waals surface area contributed by atoms with Crippen LogP contribution in [0.15, 0.2) is 24.3 Å². The van der Waals surface area contributed by atoms with E-state index in [-0.39, 0.29) is 18.4 Å². The van der Waals surface area contributed by atoms with E-state index in [4.69, 9.17) is 4.74 Å². The summed E-state index contributed by atoms with van der Waals surface area (Å²) in [6, 6.07) is 7.10. The molecule has 5 heteroatoms. The van der Waals surface area contributed by atoms with Crippen molar-refractivity contribution in [3.05, 3.63) is 24.3 Å². The van der Waals surface area contributed by atoms with Crippen LogP contribution in [0.2, 0.25) is 0 Å². The first-order valence-electron chi connectivity index (χ1n) is 7.91. The van der Waals surface area contributed by atoms with E-state index in [0.717, 1.165) is 6.54 Å². The molecule has 0 radical (unpaired) electrons. The third-order valence-corrected chi connectivity index (χ3v) is 3.87. The molecular formula is C17H24N2O3. The van der Waals surface area contributed by atoms with Gasteiger partial charge in [0.2, 0.25) is 5.91 Å². The van der Waals surface area contributed by atoms with Crippen molar-refractivity contribution in [3.63, 3.8) is 0 Å². The zero-order valence-electron chi connectivity index (χ0n) is 13.1. The van der Waals surface area contributed by atoms with E-state index >= 15 is 0 Å². The third-order valence-electron chi connectivity index (χ3n) is 3.87. The first kappa shape index (κ1) is 16.3. The topological polar surface area (TPSA) is 67.4 Å². The maximum atomic E-state index is 11.9.